The van der Waals surface area contributed by atoms with Gasteiger partial charge in [0, 0.05) is 56.1 Å². The molecule has 0 unspecified atom stereocenters. The van der Waals surface area contributed by atoms with E-state index in [0.29, 0.717) is 23.7 Å². The van der Waals surface area contributed by atoms with Gasteiger partial charge < -0.3 is 14.7 Å². The normalized spacial score (nSPS) is 17.7. The Morgan fingerprint density at radius 1 is 0.885 bits per heavy atom. The van der Waals surface area contributed by atoms with E-state index in [9.17, 15) is 4.79 Å². The van der Waals surface area contributed by atoms with Crippen LogP contribution in [0.15, 0.2) is 36.5 Å². The number of carbonyl (C=O) groups excluding carboxylic acids is 1. The lowest BCUT2D eigenvalue weighted by Crippen LogP contribution is -2.49. The molecule has 1 amide bonds. The highest BCUT2D eigenvalue weighted by atomic mass is 35.5. The molecule has 0 spiro atoms. The van der Waals surface area contributed by atoms with Crippen molar-refractivity contribution in [3.05, 3.63) is 47.1 Å². The molecule has 0 saturated carbocycles. The van der Waals surface area contributed by atoms with Gasteiger partial charge in [-0.15, -0.1) is 0 Å². The number of carbonyl (C=O) groups is 1. The molecule has 2 fully saturated rings. The SMILES string of the molecule is O=C(c1ccc(Cl)cc1)N1CCN(c2ccnc(N3CCCC3)n2)CC1. The van der Waals surface area contributed by atoms with E-state index < -0.39 is 0 Å². The monoisotopic (exact) mass is 371 g/mol. The highest BCUT2D eigenvalue weighted by Gasteiger charge is 2.24. The summed E-state index contributed by atoms with van der Waals surface area (Å²) in [5, 5.41) is 0.643. The summed E-state index contributed by atoms with van der Waals surface area (Å²) < 4.78 is 0. The van der Waals surface area contributed by atoms with Crippen LogP contribution in [0.5, 0.6) is 0 Å². The highest BCUT2D eigenvalue weighted by molar-refractivity contribution is 6.30. The molecule has 0 bridgehead atoms. The van der Waals surface area contributed by atoms with E-state index in [-0.39, 0.29) is 5.91 Å². The van der Waals surface area contributed by atoms with Gasteiger partial charge in [-0.25, -0.2) is 4.98 Å². The minimum absolute atomic E-state index is 0.0572. The molecule has 3 heterocycles. The largest absolute Gasteiger partial charge is 0.353 e. The predicted molar refractivity (Wildman–Crippen MR) is 103 cm³/mol. The molecule has 4 rings (SSSR count). The first-order valence-corrected chi connectivity index (χ1v) is 9.46. The van der Waals surface area contributed by atoms with Crippen molar-refractivity contribution in [1.82, 2.24) is 14.9 Å². The average Bonchev–Trinajstić information content (AvgIpc) is 3.23. The smallest absolute Gasteiger partial charge is 0.253 e. The second-order valence-electron chi connectivity index (χ2n) is 6.70. The number of halogens is 1. The second-order valence-corrected chi connectivity index (χ2v) is 7.13. The van der Waals surface area contributed by atoms with Crippen LogP contribution >= 0.6 is 11.6 Å². The number of hydrogen-bond donors (Lipinski definition) is 0. The minimum atomic E-state index is 0.0572. The van der Waals surface area contributed by atoms with Crippen LogP contribution in [0.2, 0.25) is 5.02 Å². The molecule has 1 aromatic heterocycles. The highest BCUT2D eigenvalue weighted by Crippen LogP contribution is 2.20. The molecule has 0 N–H and O–H groups in total. The van der Waals surface area contributed by atoms with E-state index in [1.165, 1.54) is 12.8 Å². The number of hydrogen-bond acceptors (Lipinski definition) is 5. The number of benzene rings is 1. The van der Waals surface area contributed by atoms with Crippen molar-refractivity contribution >= 4 is 29.3 Å². The molecule has 6 nitrogen and oxygen atoms in total. The Bertz CT molecular complexity index is 768. The molecule has 0 radical (unpaired) electrons. The zero-order valence-corrected chi connectivity index (χ0v) is 15.4. The second kappa shape index (κ2) is 7.50. The van der Waals surface area contributed by atoms with Crippen molar-refractivity contribution in [3.63, 3.8) is 0 Å². The van der Waals surface area contributed by atoms with Gasteiger partial charge in [-0.1, -0.05) is 11.6 Å². The average molecular weight is 372 g/mol. The van der Waals surface area contributed by atoms with Gasteiger partial charge in [0.25, 0.3) is 5.91 Å². The number of nitrogens with zero attached hydrogens (tertiary/aromatic N) is 5. The third-order valence-corrected chi connectivity index (χ3v) is 5.25. The molecule has 0 aliphatic carbocycles. The van der Waals surface area contributed by atoms with Crippen molar-refractivity contribution in [2.75, 3.05) is 49.1 Å². The lowest BCUT2D eigenvalue weighted by Gasteiger charge is -2.35. The summed E-state index contributed by atoms with van der Waals surface area (Å²) >= 11 is 5.90. The maximum Gasteiger partial charge on any atom is 0.253 e. The van der Waals surface area contributed by atoms with E-state index in [2.05, 4.69) is 14.8 Å². The third kappa shape index (κ3) is 3.60. The van der Waals surface area contributed by atoms with Gasteiger partial charge in [0.2, 0.25) is 5.95 Å². The van der Waals surface area contributed by atoms with Crippen LogP contribution in [0.1, 0.15) is 23.2 Å². The Morgan fingerprint density at radius 3 is 2.27 bits per heavy atom. The fraction of sp³-hybridized carbons (Fsp3) is 0.421. The van der Waals surface area contributed by atoms with Gasteiger partial charge in [0.05, 0.1) is 0 Å². The topological polar surface area (TPSA) is 52.6 Å². The van der Waals surface area contributed by atoms with Gasteiger partial charge in [-0.2, -0.15) is 4.98 Å². The quantitative estimate of drug-likeness (QED) is 0.830. The molecular formula is C19H22ClN5O. The molecule has 2 aromatic rings. The van der Waals surface area contributed by atoms with Gasteiger partial charge in [0.1, 0.15) is 5.82 Å². The molecule has 2 saturated heterocycles. The number of rotatable bonds is 3. The molecule has 136 valence electrons. The Morgan fingerprint density at radius 2 is 1.58 bits per heavy atom. The molecule has 7 heteroatoms. The van der Waals surface area contributed by atoms with Crippen LogP contribution in [0.25, 0.3) is 0 Å². The van der Waals surface area contributed by atoms with Crippen LogP contribution in [0, 0.1) is 0 Å². The van der Waals surface area contributed by atoms with Crippen LogP contribution in [-0.4, -0.2) is 60.0 Å². The van der Waals surface area contributed by atoms with E-state index in [1.54, 1.807) is 24.3 Å². The Hall–Kier alpha value is -2.34. The number of piperazine rings is 1. The first-order valence-electron chi connectivity index (χ1n) is 9.08. The molecule has 0 atom stereocenters. The summed E-state index contributed by atoms with van der Waals surface area (Å²) in [6, 6.07) is 9.03. The lowest BCUT2D eigenvalue weighted by atomic mass is 10.2. The van der Waals surface area contributed by atoms with Gasteiger partial charge in [0.15, 0.2) is 0 Å². The molecular weight excluding hydrogens is 350 g/mol. The van der Waals surface area contributed by atoms with E-state index in [1.807, 2.05) is 17.2 Å². The molecule has 2 aliphatic rings. The number of anilines is 2. The maximum atomic E-state index is 12.6. The van der Waals surface area contributed by atoms with E-state index in [4.69, 9.17) is 16.6 Å². The van der Waals surface area contributed by atoms with Crippen LogP contribution in [0.4, 0.5) is 11.8 Å². The summed E-state index contributed by atoms with van der Waals surface area (Å²) in [7, 11) is 0. The summed E-state index contributed by atoms with van der Waals surface area (Å²) in [6.45, 7) is 4.99. The first kappa shape index (κ1) is 17.1. The Balaban J connectivity index is 1.39. The summed E-state index contributed by atoms with van der Waals surface area (Å²) in [6.07, 6.45) is 4.25. The molecule has 2 aliphatic heterocycles. The standard InChI is InChI=1S/C19H22ClN5O/c20-16-5-3-15(4-6-16)18(26)24-13-11-23(12-14-24)17-7-8-21-19(22-17)25-9-1-2-10-25/h3-8H,1-2,9-14H2. The van der Waals surface area contributed by atoms with Crippen molar-refractivity contribution < 1.29 is 4.79 Å². The van der Waals surface area contributed by atoms with Crippen molar-refractivity contribution in [2.24, 2.45) is 0 Å². The predicted octanol–water partition coefficient (Wildman–Crippen LogP) is 2.69. The fourth-order valence-corrected chi connectivity index (χ4v) is 3.62. The number of aromatic nitrogens is 2. The lowest BCUT2D eigenvalue weighted by molar-refractivity contribution is 0.0746. The summed E-state index contributed by atoms with van der Waals surface area (Å²) in [5.74, 6) is 1.82. The fourth-order valence-electron chi connectivity index (χ4n) is 3.50. The van der Waals surface area contributed by atoms with Crippen molar-refractivity contribution in [2.45, 2.75) is 12.8 Å². The van der Waals surface area contributed by atoms with Crippen LogP contribution < -0.4 is 9.80 Å². The number of amides is 1. The summed E-state index contributed by atoms with van der Waals surface area (Å²) in [4.78, 5) is 28.1. The van der Waals surface area contributed by atoms with Crippen molar-refractivity contribution in [1.29, 1.82) is 0 Å². The van der Waals surface area contributed by atoms with Crippen LogP contribution in [-0.2, 0) is 0 Å². The van der Waals surface area contributed by atoms with Gasteiger partial charge in [-0.3, -0.25) is 4.79 Å². The first-order chi connectivity index (χ1) is 12.7. The zero-order chi connectivity index (χ0) is 17.9. The van der Waals surface area contributed by atoms with Crippen LogP contribution in [0.3, 0.4) is 0 Å². The Labute approximate surface area is 158 Å². The molecule has 26 heavy (non-hydrogen) atoms. The van der Waals surface area contributed by atoms with Crippen molar-refractivity contribution in [3.8, 4) is 0 Å². The van der Waals surface area contributed by atoms with E-state index in [0.717, 1.165) is 37.9 Å². The zero-order valence-electron chi connectivity index (χ0n) is 14.6. The molecule has 1 aromatic carbocycles. The Kier molecular flexibility index (Phi) is 4.93. The van der Waals surface area contributed by atoms with Gasteiger partial charge >= 0.3 is 0 Å². The van der Waals surface area contributed by atoms with Gasteiger partial charge in [-0.05, 0) is 43.2 Å². The third-order valence-electron chi connectivity index (χ3n) is 5.00. The summed E-state index contributed by atoms with van der Waals surface area (Å²) in [5.41, 5.74) is 0.682. The van der Waals surface area contributed by atoms with E-state index >= 15 is 0 Å². The maximum absolute atomic E-state index is 12.6. The minimum Gasteiger partial charge on any atom is -0.353 e.